The van der Waals surface area contributed by atoms with Gasteiger partial charge in [-0.1, -0.05) is 18.2 Å². The highest BCUT2D eigenvalue weighted by Crippen LogP contribution is 2.29. The first-order valence-corrected chi connectivity index (χ1v) is 7.14. The van der Waals surface area contributed by atoms with E-state index in [-0.39, 0.29) is 6.54 Å². The van der Waals surface area contributed by atoms with Gasteiger partial charge in [-0.3, -0.25) is 0 Å². The fraction of sp³-hybridized carbons (Fsp3) is 0.235. The summed E-state index contributed by atoms with van der Waals surface area (Å²) in [6.07, 6.45) is -0.915. The van der Waals surface area contributed by atoms with E-state index in [0.29, 0.717) is 22.7 Å². The summed E-state index contributed by atoms with van der Waals surface area (Å²) in [5, 5.41) is 15.6. The van der Waals surface area contributed by atoms with Crippen molar-refractivity contribution >= 4 is 11.7 Å². The maximum Gasteiger partial charge on any atom is 0.319 e. The maximum atomic E-state index is 11.8. The van der Waals surface area contributed by atoms with Crippen molar-refractivity contribution in [3.63, 3.8) is 0 Å². The predicted molar refractivity (Wildman–Crippen MR) is 88.0 cm³/mol. The summed E-state index contributed by atoms with van der Waals surface area (Å²) in [5.41, 5.74) is 1.23. The number of hydrogen-bond acceptors (Lipinski definition) is 4. The van der Waals surface area contributed by atoms with Gasteiger partial charge in [0.25, 0.3) is 0 Å². The molecule has 2 aromatic rings. The number of aliphatic hydroxyl groups excluding tert-OH is 1. The highest BCUT2D eigenvalue weighted by molar-refractivity contribution is 5.89. The largest absolute Gasteiger partial charge is 0.497 e. The maximum absolute atomic E-state index is 11.8. The molecule has 3 N–H and O–H groups in total. The number of ether oxygens (including phenoxy) is 2. The Balaban J connectivity index is 1.96. The summed E-state index contributed by atoms with van der Waals surface area (Å²) >= 11 is 0. The number of benzene rings is 2. The molecule has 0 aliphatic rings. The molecular weight excluding hydrogens is 296 g/mol. The highest BCUT2D eigenvalue weighted by atomic mass is 16.5. The Morgan fingerprint density at radius 2 is 1.87 bits per heavy atom. The van der Waals surface area contributed by atoms with E-state index in [4.69, 9.17) is 9.47 Å². The minimum atomic E-state index is -0.915. The SMILES string of the molecule is COc1ccc(OC)c([C@H](O)CNC(=O)Nc2ccccc2)c1. The molecule has 1 atom stereocenters. The van der Waals surface area contributed by atoms with Crippen LogP contribution in [0.25, 0.3) is 0 Å². The first-order chi connectivity index (χ1) is 11.1. The van der Waals surface area contributed by atoms with Crippen LogP contribution in [0.1, 0.15) is 11.7 Å². The van der Waals surface area contributed by atoms with Gasteiger partial charge in [0, 0.05) is 17.8 Å². The van der Waals surface area contributed by atoms with Crippen LogP contribution in [0.3, 0.4) is 0 Å². The first-order valence-electron chi connectivity index (χ1n) is 7.14. The Labute approximate surface area is 135 Å². The van der Waals surface area contributed by atoms with Gasteiger partial charge in [-0.25, -0.2) is 4.79 Å². The standard InChI is InChI=1S/C17H20N2O4/c1-22-13-8-9-16(23-2)14(10-13)15(20)11-18-17(21)19-12-6-4-3-5-7-12/h3-10,15,20H,11H2,1-2H3,(H2,18,19,21)/t15-/m1/s1. The van der Waals surface area contributed by atoms with Crippen LogP contribution in [0.15, 0.2) is 48.5 Å². The number of aliphatic hydroxyl groups is 1. The second-order valence-corrected chi connectivity index (χ2v) is 4.82. The van der Waals surface area contributed by atoms with E-state index in [1.54, 1.807) is 37.4 Å². The molecule has 0 saturated heterocycles. The average molecular weight is 316 g/mol. The number of methoxy groups -OCH3 is 2. The van der Waals surface area contributed by atoms with Crippen molar-refractivity contribution in [1.29, 1.82) is 0 Å². The molecule has 0 saturated carbocycles. The van der Waals surface area contributed by atoms with E-state index in [2.05, 4.69) is 10.6 Å². The molecule has 0 radical (unpaired) electrons. The molecule has 6 nitrogen and oxygen atoms in total. The number of carbonyl (C=O) groups is 1. The number of para-hydroxylation sites is 1. The Morgan fingerprint density at radius 3 is 2.52 bits per heavy atom. The van der Waals surface area contributed by atoms with E-state index in [9.17, 15) is 9.90 Å². The van der Waals surface area contributed by atoms with E-state index in [1.807, 2.05) is 18.2 Å². The quantitative estimate of drug-likeness (QED) is 0.765. The number of nitrogens with one attached hydrogen (secondary N) is 2. The van der Waals surface area contributed by atoms with Crippen molar-refractivity contribution in [3.05, 3.63) is 54.1 Å². The van der Waals surface area contributed by atoms with Gasteiger partial charge in [-0.15, -0.1) is 0 Å². The normalized spacial score (nSPS) is 11.4. The lowest BCUT2D eigenvalue weighted by molar-refractivity contribution is 0.170. The molecule has 0 bridgehead atoms. The van der Waals surface area contributed by atoms with Gasteiger partial charge in [-0.2, -0.15) is 0 Å². The molecule has 2 amide bonds. The van der Waals surface area contributed by atoms with Crippen molar-refractivity contribution in [2.45, 2.75) is 6.10 Å². The molecule has 0 aliphatic heterocycles. The van der Waals surface area contributed by atoms with Crippen LogP contribution in [0.5, 0.6) is 11.5 Å². The highest BCUT2D eigenvalue weighted by Gasteiger charge is 2.15. The van der Waals surface area contributed by atoms with E-state index < -0.39 is 12.1 Å². The van der Waals surface area contributed by atoms with Crippen molar-refractivity contribution in [1.82, 2.24) is 5.32 Å². The van der Waals surface area contributed by atoms with Gasteiger partial charge < -0.3 is 25.2 Å². The number of rotatable bonds is 6. The molecule has 2 aromatic carbocycles. The number of urea groups is 1. The second-order valence-electron chi connectivity index (χ2n) is 4.82. The molecule has 0 aromatic heterocycles. The lowest BCUT2D eigenvalue weighted by Gasteiger charge is -2.16. The topological polar surface area (TPSA) is 79.8 Å². The summed E-state index contributed by atoms with van der Waals surface area (Å²) in [7, 11) is 3.07. The van der Waals surface area contributed by atoms with Gasteiger partial charge in [-0.05, 0) is 30.3 Å². The zero-order valence-electron chi connectivity index (χ0n) is 13.1. The Hall–Kier alpha value is -2.73. The van der Waals surface area contributed by atoms with Gasteiger partial charge >= 0.3 is 6.03 Å². The Bertz CT molecular complexity index is 646. The molecule has 0 fully saturated rings. The number of amides is 2. The molecule has 0 heterocycles. The lowest BCUT2D eigenvalue weighted by Crippen LogP contribution is -2.32. The van der Waals surface area contributed by atoms with Crippen molar-refractivity contribution in [2.75, 3.05) is 26.1 Å². The Morgan fingerprint density at radius 1 is 1.13 bits per heavy atom. The molecule has 2 rings (SSSR count). The second kappa shape index (κ2) is 8.05. The van der Waals surface area contributed by atoms with Crippen LogP contribution >= 0.6 is 0 Å². The lowest BCUT2D eigenvalue weighted by atomic mass is 10.1. The fourth-order valence-corrected chi connectivity index (χ4v) is 2.10. The third-order valence-electron chi connectivity index (χ3n) is 3.28. The van der Waals surface area contributed by atoms with Gasteiger partial charge in [0.05, 0.1) is 14.2 Å². The molecule has 0 aliphatic carbocycles. The van der Waals surface area contributed by atoms with Crippen LogP contribution < -0.4 is 20.1 Å². The van der Waals surface area contributed by atoms with Crippen LogP contribution in [-0.2, 0) is 0 Å². The van der Waals surface area contributed by atoms with Crippen LogP contribution in [0, 0.1) is 0 Å². The predicted octanol–water partition coefficient (Wildman–Crippen LogP) is 2.56. The van der Waals surface area contributed by atoms with Crippen LogP contribution in [0.4, 0.5) is 10.5 Å². The molecule has 0 spiro atoms. The zero-order valence-corrected chi connectivity index (χ0v) is 13.1. The molecule has 23 heavy (non-hydrogen) atoms. The third kappa shape index (κ3) is 4.62. The number of hydrogen-bond donors (Lipinski definition) is 3. The average Bonchev–Trinajstić information content (AvgIpc) is 2.60. The molecular formula is C17H20N2O4. The summed E-state index contributed by atoms with van der Waals surface area (Å²) in [5.74, 6) is 1.14. The molecule has 6 heteroatoms. The summed E-state index contributed by atoms with van der Waals surface area (Å²) in [4.78, 5) is 11.8. The smallest absolute Gasteiger partial charge is 0.319 e. The minimum absolute atomic E-state index is 0.0438. The first kappa shape index (κ1) is 16.6. The van der Waals surface area contributed by atoms with Crippen molar-refractivity contribution in [3.8, 4) is 11.5 Å². The Kier molecular flexibility index (Phi) is 5.82. The monoisotopic (exact) mass is 316 g/mol. The van der Waals surface area contributed by atoms with Crippen molar-refractivity contribution < 1.29 is 19.4 Å². The number of carbonyl (C=O) groups excluding carboxylic acids is 1. The van der Waals surface area contributed by atoms with Gasteiger partial charge in [0.15, 0.2) is 0 Å². The van der Waals surface area contributed by atoms with Crippen LogP contribution in [-0.4, -0.2) is 31.9 Å². The van der Waals surface area contributed by atoms with Gasteiger partial charge in [0.1, 0.15) is 17.6 Å². The summed E-state index contributed by atoms with van der Waals surface area (Å²) in [6, 6.07) is 13.8. The minimum Gasteiger partial charge on any atom is -0.497 e. The zero-order chi connectivity index (χ0) is 16.7. The summed E-state index contributed by atoms with van der Waals surface area (Å²) < 4.78 is 10.4. The summed E-state index contributed by atoms with van der Waals surface area (Å²) in [6.45, 7) is 0.0438. The number of anilines is 1. The van der Waals surface area contributed by atoms with E-state index in [0.717, 1.165) is 0 Å². The van der Waals surface area contributed by atoms with Gasteiger partial charge in [0.2, 0.25) is 0 Å². The van der Waals surface area contributed by atoms with E-state index in [1.165, 1.54) is 7.11 Å². The van der Waals surface area contributed by atoms with Crippen molar-refractivity contribution in [2.24, 2.45) is 0 Å². The molecule has 0 unspecified atom stereocenters. The fourth-order valence-electron chi connectivity index (χ4n) is 2.10. The molecule has 122 valence electrons. The van der Waals surface area contributed by atoms with Crippen LogP contribution in [0.2, 0.25) is 0 Å². The van der Waals surface area contributed by atoms with E-state index >= 15 is 0 Å². The third-order valence-corrected chi connectivity index (χ3v) is 3.28.